The van der Waals surface area contributed by atoms with Gasteiger partial charge in [-0.25, -0.2) is 0 Å². The summed E-state index contributed by atoms with van der Waals surface area (Å²) in [5.41, 5.74) is 5.70. The standard InChI is InChI=1S/C56H44O13/c57-33-9-1-27(2-10-33)53-47(31-17-37(61)21-38(62)18-31)49-43(23-41(65)25-45(49)67-53)52-50-44(24-42(66)26-46(50)68-55(52)29-5-13-35(59)14-6-29)51-48(32-19-39(63)22-40(64)20-32)54(28-3-11-34(58)12-4-28)69-56(51)30-7-15-36(60)16-8-30/h1-26,47-48,51-66H/t47-,48+,51-,52+,53+,54-,55-,56+/m1/s1. The molecule has 0 bridgehead atoms. The Morgan fingerprint density at radius 3 is 1.03 bits per heavy atom. The molecule has 3 aliphatic rings. The van der Waals surface area contributed by atoms with Crippen LogP contribution in [0.4, 0.5) is 0 Å². The first kappa shape index (κ1) is 42.9. The second-order valence-corrected chi connectivity index (χ2v) is 17.9. The number of benzene rings is 8. The van der Waals surface area contributed by atoms with Gasteiger partial charge < -0.3 is 65.3 Å². The van der Waals surface area contributed by atoms with Gasteiger partial charge in [-0.2, -0.15) is 0 Å². The molecule has 10 N–H and O–H groups in total. The SMILES string of the molecule is Oc1ccc([C@H]2Oc3cc(O)cc([C@@H]4[C@H](c5cc(O)cc(O)c5)[C@@H](c5ccc(O)cc5)O[C@H]4c4ccc(O)cc4)c3[C@@H]2c2cc(O)cc3c2[C@@H](c2cc(O)cc(O)c2)[C@H](c2ccc(O)cc2)O3)cc1. The fourth-order valence-corrected chi connectivity index (χ4v) is 10.8. The van der Waals surface area contributed by atoms with Crippen LogP contribution >= 0.6 is 0 Å². The molecular weight excluding hydrogens is 881 g/mol. The minimum atomic E-state index is -0.899. The van der Waals surface area contributed by atoms with E-state index in [4.69, 9.17) is 14.2 Å². The highest BCUT2D eigenvalue weighted by atomic mass is 16.5. The van der Waals surface area contributed by atoms with Crippen LogP contribution in [-0.4, -0.2) is 51.1 Å². The topological polar surface area (TPSA) is 230 Å². The summed E-state index contributed by atoms with van der Waals surface area (Å²) in [4.78, 5) is 0. The first-order chi connectivity index (χ1) is 33.3. The van der Waals surface area contributed by atoms with Crippen molar-refractivity contribution in [2.45, 2.75) is 48.1 Å². The lowest BCUT2D eigenvalue weighted by Gasteiger charge is -2.30. The quantitative estimate of drug-likeness (QED) is 0.0685. The Labute approximate surface area is 394 Å². The Hall–Kier alpha value is -8.68. The van der Waals surface area contributed by atoms with E-state index >= 15 is 0 Å². The van der Waals surface area contributed by atoms with E-state index in [1.165, 1.54) is 72.8 Å². The van der Waals surface area contributed by atoms with E-state index in [1.807, 2.05) is 0 Å². The molecule has 0 amide bonds. The lowest BCUT2D eigenvalue weighted by atomic mass is 9.70. The number of fused-ring (bicyclic) bond motifs is 2. The zero-order chi connectivity index (χ0) is 47.8. The van der Waals surface area contributed by atoms with E-state index < -0.39 is 48.1 Å². The van der Waals surface area contributed by atoms with E-state index in [0.29, 0.717) is 61.4 Å². The van der Waals surface area contributed by atoms with Crippen LogP contribution in [0, 0.1) is 0 Å². The molecular formula is C56H44O13. The van der Waals surface area contributed by atoms with Gasteiger partial charge in [-0.1, -0.05) is 48.5 Å². The summed E-state index contributed by atoms with van der Waals surface area (Å²) in [7, 11) is 0. The van der Waals surface area contributed by atoms with Crippen molar-refractivity contribution in [3.05, 3.63) is 213 Å². The predicted molar refractivity (Wildman–Crippen MR) is 251 cm³/mol. The third-order valence-electron chi connectivity index (χ3n) is 13.6. The van der Waals surface area contributed by atoms with Gasteiger partial charge >= 0.3 is 0 Å². The summed E-state index contributed by atoms with van der Waals surface area (Å²) in [5.74, 6) is -3.64. The Bertz CT molecular complexity index is 3200. The third-order valence-corrected chi connectivity index (χ3v) is 13.6. The van der Waals surface area contributed by atoms with Crippen LogP contribution in [0.2, 0.25) is 0 Å². The summed E-state index contributed by atoms with van der Waals surface area (Å²) in [6.07, 6.45) is -3.37. The van der Waals surface area contributed by atoms with E-state index in [2.05, 4.69) is 0 Å². The van der Waals surface area contributed by atoms with Crippen molar-refractivity contribution < 1.29 is 65.3 Å². The number of hydrogen-bond acceptors (Lipinski definition) is 13. The Balaban J connectivity index is 1.20. The van der Waals surface area contributed by atoms with Crippen LogP contribution in [0.25, 0.3) is 0 Å². The number of rotatable bonds is 8. The van der Waals surface area contributed by atoms with Crippen molar-refractivity contribution in [2.24, 2.45) is 0 Å². The van der Waals surface area contributed by atoms with Gasteiger partial charge in [-0.15, -0.1) is 0 Å². The summed E-state index contributed by atoms with van der Waals surface area (Å²) in [6.45, 7) is 0. The average Bonchev–Trinajstić information content (AvgIpc) is 4.01. The highest BCUT2D eigenvalue weighted by molar-refractivity contribution is 5.65. The third kappa shape index (κ3) is 7.68. The van der Waals surface area contributed by atoms with Gasteiger partial charge in [0.05, 0.1) is 24.0 Å². The molecule has 13 nitrogen and oxygen atoms in total. The number of phenols is 10. The van der Waals surface area contributed by atoms with Crippen molar-refractivity contribution in [1.29, 1.82) is 0 Å². The summed E-state index contributed by atoms with van der Waals surface area (Å²) in [6, 6.07) is 40.9. The maximum Gasteiger partial charge on any atom is 0.135 e. The molecule has 3 aliphatic heterocycles. The Morgan fingerprint density at radius 2 is 0.594 bits per heavy atom. The number of hydrogen-bond donors (Lipinski definition) is 10. The fraction of sp³-hybridized carbons (Fsp3) is 0.143. The molecule has 11 rings (SSSR count). The van der Waals surface area contributed by atoms with E-state index in [0.717, 1.165) is 0 Å². The zero-order valence-corrected chi connectivity index (χ0v) is 36.3. The van der Waals surface area contributed by atoms with Gasteiger partial charge in [0.25, 0.3) is 0 Å². The van der Waals surface area contributed by atoms with Crippen LogP contribution in [0.15, 0.2) is 158 Å². The lowest BCUT2D eigenvalue weighted by molar-refractivity contribution is 0.0366. The van der Waals surface area contributed by atoms with Crippen molar-refractivity contribution in [2.75, 3.05) is 0 Å². The van der Waals surface area contributed by atoms with Gasteiger partial charge in [0.15, 0.2) is 0 Å². The molecule has 0 radical (unpaired) electrons. The second-order valence-electron chi connectivity index (χ2n) is 17.9. The van der Waals surface area contributed by atoms with Crippen molar-refractivity contribution >= 4 is 0 Å². The smallest absolute Gasteiger partial charge is 0.135 e. The molecule has 8 aromatic rings. The monoisotopic (exact) mass is 924 g/mol. The summed E-state index contributed by atoms with van der Waals surface area (Å²) >= 11 is 0. The van der Waals surface area contributed by atoms with E-state index in [1.54, 1.807) is 84.9 Å². The van der Waals surface area contributed by atoms with Gasteiger partial charge in [-0.05, 0) is 129 Å². The van der Waals surface area contributed by atoms with Crippen LogP contribution in [0.5, 0.6) is 69.0 Å². The molecule has 0 unspecified atom stereocenters. The average molecular weight is 925 g/mol. The van der Waals surface area contributed by atoms with Gasteiger partial charge in [0, 0.05) is 47.2 Å². The van der Waals surface area contributed by atoms with Crippen LogP contribution in [0.1, 0.15) is 104 Å². The van der Waals surface area contributed by atoms with Crippen LogP contribution < -0.4 is 9.47 Å². The molecule has 0 spiro atoms. The van der Waals surface area contributed by atoms with E-state index in [-0.39, 0.29) is 63.2 Å². The molecule has 0 saturated carbocycles. The lowest BCUT2D eigenvalue weighted by Crippen LogP contribution is -2.19. The molecule has 69 heavy (non-hydrogen) atoms. The summed E-state index contributed by atoms with van der Waals surface area (Å²) in [5, 5.41) is 109. The molecule has 0 aliphatic carbocycles. The maximum absolute atomic E-state index is 11.8. The molecule has 1 saturated heterocycles. The zero-order valence-electron chi connectivity index (χ0n) is 36.3. The van der Waals surface area contributed by atoms with Gasteiger partial charge in [0.2, 0.25) is 0 Å². The first-order valence-electron chi connectivity index (χ1n) is 22.2. The fourth-order valence-electron chi connectivity index (χ4n) is 10.8. The van der Waals surface area contributed by atoms with Gasteiger partial charge in [0.1, 0.15) is 81.2 Å². The number of phenolic OH excluding ortho intramolecular Hbond substituents is 10. The van der Waals surface area contributed by atoms with E-state index in [9.17, 15) is 51.1 Å². The molecule has 3 heterocycles. The van der Waals surface area contributed by atoms with Crippen molar-refractivity contribution in [3.63, 3.8) is 0 Å². The normalized spacial score (nSPS) is 22.4. The molecule has 1 fully saturated rings. The highest BCUT2D eigenvalue weighted by Gasteiger charge is 2.52. The van der Waals surface area contributed by atoms with Crippen molar-refractivity contribution in [3.8, 4) is 69.0 Å². The predicted octanol–water partition coefficient (Wildman–Crippen LogP) is 10.7. The maximum atomic E-state index is 11.8. The number of ether oxygens (including phenoxy) is 3. The molecule has 13 heteroatoms. The Kier molecular flexibility index (Phi) is 10.3. The molecule has 0 aromatic heterocycles. The van der Waals surface area contributed by atoms with Crippen LogP contribution in [-0.2, 0) is 4.74 Å². The van der Waals surface area contributed by atoms with Crippen LogP contribution in [0.3, 0.4) is 0 Å². The number of aromatic hydroxyl groups is 10. The Morgan fingerprint density at radius 1 is 0.261 bits per heavy atom. The van der Waals surface area contributed by atoms with Gasteiger partial charge in [-0.3, -0.25) is 0 Å². The molecule has 346 valence electrons. The highest BCUT2D eigenvalue weighted by Crippen LogP contribution is 2.65. The molecule has 8 atom stereocenters. The van der Waals surface area contributed by atoms with Crippen molar-refractivity contribution in [1.82, 2.24) is 0 Å². The minimum absolute atomic E-state index is 0.00798. The second kappa shape index (κ2) is 16.6. The largest absolute Gasteiger partial charge is 0.508 e. The minimum Gasteiger partial charge on any atom is -0.508 e. The summed E-state index contributed by atoms with van der Waals surface area (Å²) < 4.78 is 20.9. The first-order valence-corrected chi connectivity index (χ1v) is 22.2. The molecule has 8 aromatic carbocycles.